The summed E-state index contributed by atoms with van der Waals surface area (Å²) in [7, 11) is 3.45. The van der Waals surface area contributed by atoms with Crippen LogP contribution in [-0.2, 0) is 16.0 Å². The van der Waals surface area contributed by atoms with Crippen molar-refractivity contribution in [1.29, 1.82) is 0 Å². The number of nitrogens with one attached hydrogen (secondary N) is 1. The van der Waals surface area contributed by atoms with Crippen LogP contribution in [0.4, 0.5) is 0 Å². The number of aryl methyl sites for hydroxylation is 1. The van der Waals surface area contributed by atoms with Crippen LogP contribution in [0.1, 0.15) is 34.7 Å². The van der Waals surface area contributed by atoms with E-state index in [1.54, 1.807) is 14.2 Å². The molecule has 2 aromatic heterocycles. The van der Waals surface area contributed by atoms with Crippen molar-refractivity contribution in [3.8, 4) is 0 Å². The van der Waals surface area contributed by atoms with Crippen molar-refractivity contribution in [2.75, 3.05) is 34.0 Å². The van der Waals surface area contributed by atoms with Crippen molar-refractivity contribution >= 4 is 17.3 Å². The Labute approximate surface area is 166 Å². The SMILES string of the molecule is COCCN1C(=S)N[C@H](c2ccccn2)[C@H]1c1cc(C)n(CCOC)c1C. The Morgan fingerprint density at radius 2 is 1.89 bits per heavy atom. The Morgan fingerprint density at radius 3 is 2.56 bits per heavy atom. The van der Waals surface area contributed by atoms with Crippen LogP contribution in [-0.4, -0.2) is 53.5 Å². The molecular formula is C20H28N4O2S. The molecule has 0 radical (unpaired) electrons. The van der Waals surface area contributed by atoms with Crippen LogP contribution < -0.4 is 5.32 Å². The maximum Gasteiger partial charge on any atom is 0.170 e. The molecular weight excluding hydrogens is 360 g/mol. The van der Waals surface area contributed by atoms with Gasteiger partial charge in [0.25, 0.3) is 0 Å². The van der Waals surface area contributed by atoms with Gasteiger partial charge in [-0.3, -0.25) is 4.98 Å². The van der Waals surface area contributed by atoms with E-state index in [1.807, 2.05) is 18.3 Å². The highest BCUT2D eigenvalue weighted by molar-refractivity contribution is 7.80. The molecule has 7 heteroatoms. The van der Waals surface area contributed by atoms with Gasteiger partial charge < -0.3 is 24.3 Å². The molecule has 3 rings (SSSR count). The van der Waals surface area contributed by atoms with Crippen LogP contribution in [0.25, 0.3) is 0 Å². The van der Waals surface area contributed by atoms with E-state index in [1.165, 1.54) is 17.0 Å². The molecule has 0 aromatic carbocycles. The van der Waals surface area contributed by atoms with Gasteiger partial charge in [0, 0.05) is 44.9 Å². The fourth-order valence-corrected chi connectivity index (χ4v) is 4.16. The molecule has 2 atom stereocenters. The molecule has 3 heterocycles. The summed E-state index contributed by atoms with van der Waals surface area (Å²) in [5, 5.41) is 4.23. The Hall–Kier alpha value is -1.96. The third kappa shape index (κ3) is 4.00. The van der Waals surface area contributed by atoms with Gasteiger partial charge in [-0.05, 0) is 49.8 Å². The average Bonchev–Trinajstić information content (AvgIpc) is 3.15. The molecule has 1 fully saturated rings. The van der Waals surface area contributed by atoms with Crippen molar-refractivity contribution in [2.45, 2.75) is 32.5 Å². The molecule has 0 bridgehead atoms. The van der Waals surface area contributed by atoms with Gasteiger partial charge in [0.15, 0.2) is 5.11 Å². The second-order valence-electron chi connectivity index (χ2n) is 6.78. The zero-order chi connectivity index (χ0) is 19.4. The smallest absolute Gasteiger partial charge is 0.170 e. The van der Waals surface area contributed by atoms with Gasteiger partial charge >= 0.3 is 0 Å². The number of methoxy groups -OCH3 is 2. The standard InChI is InChI=1S/C20H28N4O2S/c1-14-13-16(15(2)23(14)9-11-25-3)19-18(17-7-5-6-8-21-17)22-20(27)24(19)10-12-26-4/h5-8,13,18-19H,9-12H2,1-4H3,(H,22,27)/t18-,19-/m1/s1. The van der Waals surface area contributed by atoms with Crippen LogP contribution in [0.3, 0.4) is 0 Å². The van der Waals surface area contributed by atoms with Crippen LogP contribution in [0.5, 0.6) is 0 Å². The van der Waals surface area contributed by atoms with Crippen molar-refractivity contribution < 1.29 is 9.47 Å². The summed E-state index contributed by atoms with van der Waals surface area (Å²) >= 11 is 5.67. The molecule has 1 aliphatic heterocycles. The fourth-order valence-electron chi connectivity index (χ4n) is 3.83. The van der Waals surface area contributed by atoms with Crippen LogP contribution in [0.2, 0.25) is 0 Å². The number of rotatable bonds is 8. The first-order chi connectivity index (χ1) is 13.1. The Balaban J connectivity index is 2.02. The Morgan fingerprint density at radius 1 is 1.15 bits per heavy atom. The van der Waals surface area contributed by atoms with Crippen molar-refractivity contribution in [3.63, 3.8) is 0 Å². The number of hydrogen-bond donors (Lipinski definition) is 1. The highest BCUT2D eigenvalue weighted by Gasteiger charge is 2.41. The van der Waals surface area contributed by atoms with E-state index in [9.17, 15) is 0 Å². The van der Waals surface area contributed by atoms with E-state index in [0.29, 0.717) is 13.2 Å². The maximum atomic E-state index is 5.67. The highest BCUT2D eigenvalue weighted by Crippen LogP contribution is 2.40. The van der Waals surface area contributed by atoms with Crippen LogP contribution >= 0.6 is 12.2 Å². The van der Waals surface area contributed by atoms with E-state index in [2.05, 4.69) is 45.7 Å². The Bertz CT molecular complexity index is 778. The number of thiocarbonyl (C=S) groups is 1. The predicted octanol–water partition coefficient (Wildman–Crippen LogP) is 2.77. The summed E-state index contributed by atoms with van der Waals surface area (Å²) in [5.74, 6) is 0. The molecule has 0 saturated carbocycles. The summed E-state index contributed by atoms with van der Waals surface area (Å²) in [6, 6.07) is 8.35. The molecule has 146 valence electrons. The summed E-state index contributed by atoms with van der Waals surface area (Å²) in [6.07, 6.45) is 1.83. The molecule has 2 aromatic rings. The zero-order valence-corrected chi connectivity index (χ0v) is 17.3. The lowest BCUT2D eigenvalue weighted by atomic mass is 9.97. The summed E-state index contributed by atoms with van der Waals surface area (Å²) in [5.41, 5.74) is 4.72. The van der Waals surface area contributed by atoms with Gasteiger partial charge in [-0.1, -0.05) is 6.07 Å². The monoisotopic (exact) mass is 388 g/mol. The molecule has 1 aliphatic rings. The first-order valence-electron chi connectivity index (χ1n) is 9.21. The summed E-state index contributed by atoms with van der Waals surface area (Å²) < 4.78 is 12.9. The summed E-state index contributed by atoms with van der Waals surface area (Å²) in [4.78, 5) is 6.81. The topological polar surface area (TPSA) is 51.5 Å². The van der Waals surface area contributed by atoms with Gasteiger partial charge in [-0.2, -0.15) is 0 Å². The predicted molar refractivity (Wildman–Crippen MR) is 110 cm³/mol. The van der Waals surface area contributed by atoms with Crippen LogP contribution in [0.15, 0.2) is 30.5 Å². The lowest BCUT2D eigenvalue weighted by Gasteiger charge is -2.28. The lowest BCUT2D eigenvalue weighted by molar-refractivity contribution is 0.163. The van der Waals surface area contributed by atoms with E-state index < -0.39 is 0 Å². The minimum Gasteiger partial charge on any atom is -0.383 e. The van der Waals surface area contributed by atoms with Gasteiger partial charge in [-0.25, -0.2) is 0 Å². The number of pyridine rings is 1. The second-order valence-corrected chi connectivity index (χ2v) is 7.17. The molecule has 0 spiro atoms. The number of nitrogens with zero attached hydrogens (tertiary/aromatic N) is 3. The molecule has 0 aliphatic carbocycles. The summed E-state index contributed by atoms with van der Waals surface area (Å²) in [6.45, 7) is 7.19. The molecule has 6 nitrogen and oxygen atoms in total. The molecule has 0 unspecified atom stereocenters. The number of hydrogen-bond acceptors (Lipinski definition) is 4. The van der Waals surface area contributed by atoms with Gasteiger partial charge in [-0.15, -0.1) is 0 Å². The van der Waals surface area contributed by atoms with Crippen molar-refractivity contribution in [3.05, 3.63) is 53.1 Å². The number of ether oxygens (including phenoxy) is 2. The number of aromatic nitrogens is 2. The first kappa shape index (κ1) is 19.8. The largest absolute Gasteiger partial charge is 0.383 e. The second kappa shape index (κ2) is 8.82. The van der Waals surface area contributed by atoms with Gasteiger partial charge in [0.05, 0.1) is 31.0 Å². The first-order valence-corrected chi connectivity index (χ1v) is 9.61. The zero-order valence-electron chi connectivity index (χ0n) is 16.4. The average molecular weight is 389 g/mol. The van der Waals surface area contributed by atoms with E-state index in [4.69, 9.17) is 21.7 Å². The Kier molecular flexibility index (Phi) is 6.46. The lowest BCUT2D eigenvalue weighted by Crippen LogP contribution is -2.32. The quantitative estimate of drug-likeness (QED) is 0.702. The molecule has 1 saturated heterocycles. The van der Waals surface area contributed by atoms with Crippen molar-refractivity contribution in [2.24, 2.45) is 0 Å². The molecule has 27 heavy (non-hydrogen) atoms. The minimum atomic E-state index is 0.00642. The van der Waals surface area contributed by atoms with Gasteiger partial charge in [0.1, 0.15) is 0 Å². The third-order valence-corrected chi connectivity index (χ3v) is 5.54. The van der Waals surface area contributed by atoms with E-state index in [0.717, 1.165) is 23.9 Å². The molecule has 1 N–H and O–H groups in total. The normalized spacial score (nSPS) is 19.6. The fraction of sp³-hybridized carbons (Fsp3) is 0.500. The van der Waals surface area contributed by atoms with E-state index >= 15 is 0 Å². The van der Waals surface area contributed by atoms with Gasteiger partial charge in [0.2, 0.25) is 0 Å². The third-order valence-electron chi connectivity index (χ3n) is 5.18. The van der Waals surface area contributed by atoms with Crippen molar-refractivity contribution in [1.82, 2.24) is 19.8 Å². The van der Waals surface area contributed by atoms with E-state index in [-0.39, 0.29) is 12.1 Å². The maximum absolute atomic E-state index is 5.67. The highest BCUT2D eigenvalue weighted by atomic mass is 32.1. The minimum absolute atomic E-state index is 0.00642. The van der Waals surface area contributed by atoms with Crippen LogP contribution in [0, 0.1) is 13.8 Å². The molecule has 0 amide bonds.